The topological polar surface area (TPSA) is 43.4 Å². The summed E-state index contributed by atoms with van der Waals surface area (Å²) in [6, 6.07) is 5.89. The first-order valence-corrected chi connectivity index (χ1v) is 9.23. The summed E-state index contributed by atoms with van der Waals surface area (Å²) in [7, 11) is -6.03. The Morgan fingerprint density at radius 1 is 0.667 bits per heavy atom. The Kier molecular flexibility index (Phi) is 6.48. The summed E-state index contributed by atoms with van der Waals surface area (Å²) >= 11 is 0. The Labute approximate surface area is 164 Å². The molecule has 13 heteroatoms. The summed E-state index contributed by atoms with van der Waals surface area (Å²) in [4.78, 5) is 0. The molecule has 0 heterocycles. The van der Waals surface area contributed by atoms with Crippen molar-refractivity contribution in [1.29, 1.82) is 0 Å². The van der Waals surface area contributed by atoms with Crippen LogP contribution in [0.4, 0.5) is 39.5 Å². The Morgan fingerprint density at radius 3 is 1.27 bits per heavy atom. The van der Waals surface area contributed by atoms with Gasteiger partial charge >= 0.3 is 28.0 Å². The van der Waals surface area contributed by atoms with Crippen LogP contribution in [-0.2, 0) is 26.7 Å². The predicted octanol–water partition coefficient (Wildman–Crippen LogP) is 5.72. The number of hydrogen-bond donors (Lipinski definition) is 0. The molecule has 0 fully saturated rings. The highest BCUT2D eigenvalue weighted by molar-refractivity contribution is 7.87. The molecule has 2 aromatic rings. The molecule has 0 spiro atoms. The highest BCUT2D eigenvalue weighted by Crippen LogP contribution is 2.35. The van der Waals surface area contributed by atoms with Gasteiger partial charge in [-0.05, 0) is 35.4 Å². The minimum atomic E-state index is -6.03. The van der Waals surface area contributed by atoms with E-state index in [1.54, 1.807) is 0 Å². The van der Waals surface area contributed by atoms with Gasteiger partial charge in [-0.15, -0.1) is 0 Å². The van der Waals surface area contributed by atoms with E-state index in [-0.39, 0.29) is 11.1 Å². The SMILES string of the molecule is O=S(=O)(OCC(c1ccc(C(F)(F)F)cc1)c1ccc(C(F)(F)F)cc1)C(F)(F)F. The van der Waals surface area contributed by atoms with Crippen LogP contribution in [0.1, 0.15) is 28.2 Å². The largest absolute Gasteiger partial charge is 0.523 e. The molecule has 0 bridgehead atoms. The minimum Gasteiger partial charge on any atom is -0.262 e. The molecule has 0 saturated carbocycles. The first-order valence-electron chi connectivity index (χ1n) is 7.82. The second-order valence-electron chi connectivity index (χ2n) is 5.98. The summed E-state index contributed by atoms with van der Waals surface area (Å²) in [5.41, 5.74) is -8.11. The summed E-state index contributed by atoms with van der Waals surface area (Å²) in [5, 5.41) is 0. The molecule has 2 rings (SSSR count). The van der Waals surface area contributed by atoms with Crippen molar-refractivity contribution < 1.29 is 52.1 Å². The van der Waals surface area contributed by atoms with Crippen molar-refractivity contribution in [3.8, 4) is 0 Å². The van der Waals surface area contributed by atoms with E-state index in [2.05, 4.69) is 4.18 Å². The van der Waals surface area contributed by atoms with Crippen LogP contribution in [0, 0.1) is 0 Å². The molecule has 2 aromatic carbocycles. The van der Waals surface area contributed by atoms with Crippen molar-refractivity contribution in [2.45, 2.75) is 23.8 Å². The van der Waals surface area contributed by atoms with Crippen LogP contribution in [0.3, 0.4) is 0 Å². The molecular formula is C17H11F9O3S. The number of halogens is 9. The Bertz CT molecular complexity index is 901. The van der Waals surface area contributed by atoms with Gasteiger partial charge in [0.15, 0.2) is 0 Å². The maximum absolute atomic E-state index is 12.7. The average molecular weight is 466 g/mol. The van der Waals surface area contributed by atoms with Crippen LogP contribution >= 0.6 is 0 Å². The van der Waals surface area contributed by atoms with Crippen molar-refractivity contribution in [2.75, 3.05) is 6.61 Å². The highest BCUT2D eigenvalue weighted by Gasteiger charge is 2.47. The van der Waals surface area contributed by atoms with Crippen molar-refractivity contribution in [1.82, 2.24) is 0 Å². The van der Waals surface area contributed by atoms with Crippen molar-refractivity contribution in [3.05, 3.63) is 70.8 Å². The van der Waals surface area contributed by atoms with Crippen LogP contribution in [0.2, 0.25) is 0 Å². The summed E-state index contributed by atoms with van der Waals surface area (Å²) in [6.07, 6.45) is -9.42. The van der Waals surface area contributed by atoms with E-state index in [4.69, 9.17) is 0 Å². The molecule has 30 heavy (non-hydrogen) atoms. The molecule has 0 aliphatic rings. The quantitative estimate of drug-likeness (QED) is 0.322. The zero-order chi connectivity index (χ0) is 23.0. The van der Waals surface area contributed by atoms with Gasteiger partial charge < -0.3 is 0 Å². The van der Waals surface area contributed by atoms with E-state index >= 15 is 0 Å². The first kappa shape index (κ1) is 24.0. The lowest BCUT2D eigenvalue weighted by Crippen LogP contribution is -2.27. The van der Waals surface area contributed by atoms with Crippen LogP contribution in [0.25, 0.3) is 0 Å². The lowest BCUT2D eigenvalue weighted by Gasteiger charge is -2.20. The first-order chi connectivity index (χ1) is 13.5. The lowest BCUT2D eigenvalue weighted by atomic mass is 9.91. The molecule has 166 valence electrons. The third-order valence-electron chi connectivity index (χ3n) is 3.95. The fraction of sp³-hybridized carbons (Fsp3) is 0.294. The predicted molar refractivity (Wildman–Crippen MR) is 85.7 cm³/mol. The molecule has 0 amide bonds. The molecule has 0 saturated heterocycles. The smallest absolute Gasteiger partial charge is 0.262 e. The second-order valence-corrected chi connectivity index (χ2v) is 7.58. The van der Waals surface area contributed by atoms with E-state index in [0.29, 0.717) is 24.3 Å². The van der Waals surface area contributed by atoms with Gasteiger partial charge in [-0.1, -0.05) is 24.3 Å². The summed E-state index contributed by atoms with van der Waals surface area (Å²) in [5.74, 6) is -1.40. The van der Waals surface area contributed by atoms with Crippen LogP contribution in [0.15, 0.2) is 48.5 Å². The number of hydrogen-bond acceptors (Lipinski definition) is 3. The third kappa shape index (κ3) is 5.65. The van der Waals surface area contributed by atoms with Crippen molar-refractivity contribution in [3.63, 3.8) is 0 Å². The molecule has 0 atom stereocenters. The van der Waals surface area contributed by atoms with Gasteiger partial charge in [0.2, 0.25) is 0 Å². The normalized spacial score (nSPS) is 13.7. The van der Waals surface area contributed by atoms with Gasteiger partial charge in [0.1, 0.15) is 0 Å². The minimum absolute atomic E-state index is 0.0971. The van der Waals surface area contributed by atoms with Crippen molar-refractivity contribution >= 4 is 10.1 Å². The molecule has 0 aliphatic carbocycles. The van der Waals surface area contributed by atoms with E-state index in [0.717, 1.165) is 24.3 Å². The molecule has 3 nitrogen and oxygen atoms in total. The van der Waals surface area contributed by atoms with E-state index < -0.39 is 51.6 Å². The van der Waals surface area contributed by atoms with E-state index in [9.17, 15) is 47.9 Å². The van der Waals surface area contributed by atoms with Gasteiger partial charge in [-0.2, -0.15) is 47.9 Å². The fourth-order valence-corrected chi connectivity index (χ4v) is 2.87. The molecule has 0 radical (unpaired) electrons. The van der Waals surface area contributed by atoms with E-state index in [1.807, 2.05) is 0 Å². The summed E-state index contributed by atoms with van der Waals surface area (Å²) < 4.78 is 140. The fourth-order valence-electron chi connectivity index (χ4n) is 2.42. The summed E-state index contributed by atoms with van der Waals surface area (Å²) in [6.45, 7) is -1.20. The third-order valence-corrected chi connectivity index (χ3v) is 4.97. The average Bonchev–Trinajstić information content (AvgIpc) is 2.60. The molecule has 0 aliphatic heterocycles. The number of rotatable bonds is 5. The molecule has 0 unspecified atom stereocenters. The zero-order valence-corrected chi connectivity index (χ0v) is 15.3. The molecule has 0 N–H and O–H groups in total. The van der Waals surface area contributed by atoms with Gasteiger partial charge in [-0.25, -0.2) is 0 Å². The maximum Gasteiger partial charge on any atom is 0.523 e. The van der Waals surface area contributed by atoms with Gasteiger partial charge in [-0.3, -0.25) is 4.18 Å². The monoisotopic (exact) mass is 466 g/mol. The lowest BCUT2D eigenvalue weighted by molar-refractivity contribution is -0.138. The second kappa shape index (κ2) is 8.10. The maximum atomic E-state index is 12.7. The van der Waals surface area contributed by atoms with Gasteiger partial charge in [0.05, 0.1) is 17.7 Å². The molecular weight excluding hydrogens is 455 g/mol. The Hall–Kier alpha value is -2.28. The molecule has 0 aromatic heterocycles. The standard InChI is InChI=1S/C17H11F9O3S/c18-15(19,20)12-5-1-10(2-6-12)14(9-29-30(27,28)17(24,25)26)11-3-7-13(8-4-11)16(21,22)23/h1-8,14H,9H2. The van der Waals surface area contributed by atoms with Crippen molar-refractivity contribution in [2.24, 2.45) is 0 Å². The van der Waals surface area contributed by atoms with Crippen LogP contribution < -0.4 is 0 Å². The zero-order valence-electron chi connectivity index (χ0n) is 14.4. The van der Waals surface area contributed by atoms with Crippen LogP contribution in [-0.4, -0.2) is 20.5 Å². The highest BCUT2D eigenvalue weighted by atomic mass is 32.2. The van der Waals surface area contributed by atoms with Gasteiger partial charge in [0.25, 0.3) is 0 Å². The van der Waals surface area contributed by atoms with E-state index in [1.165, 1.54) is 0 Å². The van der Waals surface area contributed by atoms with Gasteiger partial charge in [0, 0.05) is 5.92 Å². The number of alkyl halides is 9. The Morgan fingerprint density at radius 2 is 1.00 bits per heavy atom. The van der Waals surface area contributed by atoms with Crippen LogP contribution in [0.5, 0.6) is 0 Å². The number of benzene rings is 2. The Balaban J connectivity index is 2.42.